The van der Waals surface area contributed by atoms with E-state index in [1.165, 1.54) is 30.6 Å². The van der Waals surface area contributed by atoms with Crippen LogP contribution in [-0.2, 0) is 4.79 Å². The summed E-state index contributed by atoms with van der Waals surface area (Å²) in [6.45, 7) is 1.96. The fraction of sp³-hybridized carbons (Fsp3) is 0.353. The lowest BCUT2D eigenvalue weighted by atomic mass is 10.1. The van der Waals surface area contributed by atoms with E-state index in [2.05, 4.69) is 20.5 Å². The molecule has 3 rings (SSSR count). The normalized spacial score (nSPS) is 14.2. The Labute approximate surface area is 144 Å². The molecule has 0 saturated carbocycles. The van der Waals surface area contributed by atoms with Gasteiger partial charge in [-0.05, 0) is 31.4 Å². The van der Waals surface area contributed by atoms with Crippen LogP contribution in [0.4, 0.5) is 10.9 Å². The van der Waals surface area contributed by atoms with Gasteiger partial charge in [0.2, 0.25) is 5.91 Å². The molecule has 24 heavy (non-hydrogen) atoms. The molecule has 6 nitrogen and oxygen atoms in total. The summed E-state index contributed by atoms with van der Waals surface area (Å²) < 4.78 is 0. The second kappa shape index (κ2) is 7.92. The summed E-state index contributed by atoms with van der Waals surface area (Å²) in [5.74, 6) is -0.00709. The minimum Gasteiger partial charge on any atom is -0.348 e. The van der Waals surface area contributed by atoms with E-state index in [0.717, 1.165) is 18.2 Å². The van der Waals surface area contributed by atoms with Crippen LogP contribution in [0.15, 0.2) is 35.7 Å². The van der Waals surface area contributed by atoms with Gasteiger partial charge in [0, 0.05) is 24.0 Å². The maximum Gasteiger partial charge on any atom is 0.251 e. The summed E-state index contributed by atoms with van der Waals surface area (Å²) in [7, 11) is 0. The van der Waals surface area contributed by atoms with Gasteiger partial charge in [0.1, 0.15) is 5.82 Å². The van der Waals surface area contributed by atoms with Gasteiger partial charge in [-0.25, -0.2) is 4.98 Å². The quantitative estimate of drug-likeness (QED) is 0.874. The molecule has 7 heteroatoms. The maximum absolute atomic E-state index is 12.0. The van der Waals surface area contributed by atoms with Crippen molar-refractivity contribution in [2.45, 2.75) is 19.3 Å². The summed E-state index contributed by atoms with van der Waals surface area (Å²) in [4.78, 5) is 30.6. The van der Waals surface area contributed by atoms with Gasteiger partial charge in [0.25, 0.3) is 5.91 Å². The summed E-state index contributed by atoms with van der Waals surface area (Å²) in [6.07, 6.45) is 3.65. The van der Waals surface area contributed by atoms with E-state index in [1.54, 1.807) is 24.3 Å². The number of aromatic nitrogens is 1. The van der Waals surface area contributed by atoms with E-state index < -0.39 is 0 Å². The average Bonchev–Trinajstić information content (AvgIpc) is 3.09. The van der Waals surface area contributed by atoms with Crippen LogP contribution in [0.2, 0.25) is 0 Å². The number of carbonyl (C=O) groups excluding carboxylic acids is 2. The number of nitrogens with zero attached hydrogens (tertiary/aromatic N) is 2. The third-order valence-electron chi connectivity index (χ3n) is 3.83. The zero-order valence-electron chi connectivity index (χ0n) is 13.3. The van der Waals surface area contributed by atoms with Crippen LogP contribution in [0.3, 0.4) is 0 Å². The number of rotatable bonds is 5. The van der Waals surface area contributed by atoms with Gasteiger partial charge in [-0.1, -0.05) is 18.2 Å². The first-order valence-corrected chi connectivity index (χ1v) is 8.94. The lowest BCUT2D eigenvalue weighted by Crippen LogP contribution is -2.33. The van der Waals surface area contributed by atoms with Crippen molar-refractivity contribution in [3.63, 3.8) is 0 Å². The van der Waals surface area contributed by atoms with E-state index in [0.29, 0.717) is 11.4 Å². The highest BCUT2D eigenvalue weighted by Gasteiger charge is 2.15. The van der Waals surface area contributed by atoms with E-state index in [4.69, 9.17) is 0 Å². The Morgan fingerprint density at radius 1 is 1.12 bits per heavy atom. The van der Waals surface area contributed by atoms with Crippen LogP contribution in [0, 0.1) is 0 Å². The molecular weight excluding hydrogens is 324 g/mol. The van der Waals surface area contributed by atoms with Crippen LogP contribution in [0.1, 0.15) is 29.6 Å². The van der Waals surface area contributed by atoms with Crippen LogP contribution < -0.4 is 15.5 Å². The minimum absolute atomic E-state index is 0.0791. The number of hydrogen-bond acceptors (Lipinski definition) is 5. The molecule has 2 heterocycles. The molecule has 1 aromatic carbocycles. The number of anilines is 2. The number of thiazole rings is 1. The minimum atomic E-state index is -0.283. The van der Waals surface area contributed by atoms with Crippen molar-refractivity contribution in [2.24, 2.45) is 0 Å². The number of piperidine rings is 1. The number of carbonyl (C=O) groups is 2. The largest absolute Gasteiger partial charge is 0.348 e. The highest BCUT2D eigenvalue weighted by molar-refractivity contribution is 7.14. The van der Waals surface area contributed by atoms with Crippen molar-refractivity contribution in [1.82, 2.24) is 10.3 Å². The Morgan fingerprint density at radius 3 is 2.62 bits per heavy atom. The van der Waals surface area contributed by atoms with E-state index in [-0.39, 0.29) is 18.4 Å². The fourth-order valence-corrected chi connectivity index (χ4v) is 3.40. The van der Waals surface area contributed by atoms with Gasteiger partial charge in [-0.15, -0.1) is 11.3 Å². The first-order chi connectivity index (χ1) is 11.7. The second-order valence-electron chi connectivity index (χ2n) is 5.66. The van der Waals surface area contributed by atoms with E-state index in [1.807, 2.05) is 11.4 Å². The topological polar surface area (TPSA) is 74.3 Å². The second-order valence-corrected chi connectivity index (χ2v) is 6.50. The molecule has 2 aromatic rings. The molecule has 1 saturated heterocycles. The number of hydrogen-bond donors (Lipinski definition) is 2. The van der Waals surface area contributed by atoms with Gasteiger partial charge in [0.05, 0.1) is 6.54 Å². The third-order valence-corrected chi connectivity index (χ3v) is 4.73. The highest BCUT2D eigenvalue weighted by Crippen LogP contribution is 2.26. The summed E-state index contributed by atoms with van der Waals surface area (Å²) in [5, 5.41) is 8.11. The molecule has 1 aromatic heterocycles. The fourth-order valence-electron chi connectivity index (χ4n) is 2.59. The Bertz CT molecular complexity index is 696. The predicted octanol–water partition coefficient (Wildman–Crippen LogP) is 2.50. The molecule has 1 aliphatic rings. The van der Waals surface area contributed by atoms with Crippen molar-refractivity contribution in [3.05, 3.63) is 41.3 Å². The Balaban J connectivity index is 1.48. The molecule has 1 fully saturated rings. The Hall–Kier alpha value is -2.41. The monoisotopic (exact) mass is 344 g/mol. The first kappa shape index (κ1) is 16.4. The average molecular weight is 344 g/mol. The molecule has 0 unspecified atom stereocenters. The maximum atomic E-state index is 12.0. The van der Waals surface area contributed by atoms with Gasteiger partial charge < -0.3 is 15.5 Å². The molecule has 126 valence electrons. The molecule has 0 atom stereocenters. The Morgan fingerprint density at radius 2 is 1.88 bits per heavy atom. The van der Waals surface area contributed by atoms with E-state index in [9.17, 15) is 9.59 Å². The zero-order valence-corrected chi connectivity index (χ0v) is 14.1. The predicted molar refractivity (Wildman–Crippen MR) is 95.6 cm³/mol. The highest BCUT2D eigenvalue weighted by atomic mass is 32.1. The molecule has 0 radical (unpaired) electrons. The van der Waals surface area contributed by atoms with Gasteiger partial charge in [-0.3, -0.25) is 9.59 Å². The summed E-state index contributed by atoms with van der Waals surface area (Å²) in [6, 6.07) is 8.82. The van der Waals surface area contributed by atoms with Crippen molar-refractivity contribution < 1.29 is 9.59 Å². The van der Waals surface area contributed by atoms with Crippen LogP contribution >= 0.6 is 11.3 Å². The van der Waals surface area contributed by atoms with Gasteiger partial charge in [-0.2, -0.15) is 0 Å². The Kier molecular flexibility index (Phi) is 5.43. The molecular formula is C17H20N4O2S. The van der Waals surface area contributed by atoms with Crippen molar-refractivity contribution in [1.29, 1.82) is 0 Å². The molecule has 0 spiro atoms. The molecule has 2 N–H and O–H groups in total. The third kappa shape index (κ3) is 4.32. The summed E-state index contributed by atoms with van der Waals surface area (Å²) in [5.41, 5.74) is 0.534. The van der Waals surface area contributed by atoms with Crippen molar-refractivity contribution in [2.75, 3.05) is 29.9 Å². The van der Waals surface area contributed by atoms with Crippen LogP contribution in [0.5, 0.6) is 0 Å². The van der Waals surface area contributed by atoms with Crippen molar-refractivity contribution >= 4 is 34.1 Å². The number of benzene rings is 1. The number of amides is 2. The molecule has 0 bridgehead atoms. The van der Waals surface area contributed by atoms with E-state index >= 15 is 0 Å². The van der Waals surface area contributed by atoms with Crippen LogP contribution in [-0.4, -0.2) is 36.4 Å². The van der Waals surface area contributed by atoms with Crippen molar-refractivity contribution in [3.8, 4) is 0 Å². The van der Waals surface area contributed by atoms with Gasteiger partial charge >= 0.3 is 0 Å². The molecule has 0 aliphatic carbocycles. The smallest absolute Gasteiger partial charge is 0.251 e. The lowest BCUT2D eigenvalue weighted by Gasteiger charge is -2.25. The molecule has 2 amide bonds. The first-order valence-electron chi connectivity index (χ1n) is 8.06. The standard InChI is InChI=1S/C17H20N4O2S/c22-15(11-18-16(23)13-7-3-1-4-8-13)19-14-12-24-17(20-14)21-9-5-2-6-10-21/h1,3-4,7-8,12H,2,5-6,9-11H2,(H,18,23)(H,19,22). The number of nitrogens with one attached hydrogen (secondary N) is 2. The SMILES string of the molecule is O=C(CNC(=O)c1ccccc1)Nc1csc(N2CCCCC2)n1. The molecule has 1 aliphatic heterocycles. The zero-order chi connectivity index (χ0) is 16.8. The lowest BCUT2D eigenvalue weighted by molar-refractivity contribution is -0.115. The van der Waals surface area contributed by atoms with Gasteiger partial charge in [0.15, 0.2) is 5.13 Å². The summed E-state index contributed by atoms with van der Waals surface area (Å²) >= 11 is 1.53. The van der Waals surface area contributed by atoms with Crippen LogP contribution in [0.25, 0.3) is 0 Å².